The minimum atomic E-state index is -1.00. The van der Waals surface area contributed by atoms with Crippen LogP contribution in [0.4, 0.5) is 0 Å². The Morgan fingerprint density at radius 3 is 1.35 bits per heavy atom. The van der Waals surface area contributed by atoms with Gasteiger partial charge in [-0.15, -0.1) is 0 Å². The number of aliphatic hydroxyl groups excluding tert-OH is 1. The minimum absolute atomic E-state index is 0.0763. The van der Waals surface area contributed by atoms with Crippen molar-refractivity contribution in [3.63, 3.8) is 0 Å². The molecule has 0 spiro atoms. The Bertz CT molecular complexity index is 825. The Hall–Kier alpha value is -3.50. The topological polar surface area (TPSA) is 74.6 Å². The molecule has 164 valence electrons. The third-order valence-electron chi connectivity index (χ3n) is 3.63. The molecule has 0 saturated heterocycles. The van der Waals surface area contributed by atoms with E-state index in [1.165, 1.54) is 0 Å². The summed E-state index contributed by atoms with van der Waals surface area (Å²) in [4.78, 5) is 21.4. The monoisotopic (exact) mass is 420 g/mol. The summed E-state index contributed by atoms with van der Waals surface area (Å²) in [5.41, 5.74) is 0.733. The largest absolute Gasteiger partial charge is 0.481 e. The Labute approximate surface area is 185 Å². The first-order valence-corrected chi connectivity index (χ1v) is 10.0. The van der Waals surface area contributed by atoms with E-state index in [-0.39, 0.29) is 12.2 Å². The molecule has 0 rings (SSSR count). The second kappa shape index (κ2) is 19.8. The molecule has 0 fully saturated rings. The van der Waals surface area contributed by atoms with Crippen LogP contribution in [0, 0.1) is 0 Å². The van der Waals surface area contributed by atoms with Crippen LogP contribution in [0.15, 0.2) is 121 Å². The first kappa shape index (κ1) is 27.5. The van der Waals surface area contributed by atoms with Gasteiger partial charge in [0, 0.05) is 0 Å². The van der Waals surface area contributed by atoms with E-state index in [9.17, 15) is 14.7 Å². The smallest absolute Gasteiger partial charge is 0.305 e. The predicted octanol–water partition coefficient (Wildman–Crippen LogP) is 5.75. The first-order chi connectivity index (χ1) is 14.9. The number of hydrogen-bond acceptors (Lipinski definition) is 3. The van der Waals surface area contributed by atoms with Gasteiger partial charge in [0.1, 0.15) is 0 Å². The van der Waals surface area contributed by atoms with Gasteiger partial charge in [0.25, 0.3) is 0 Å². The molecule has 4 nitrogen and oxygen atoms in total. The Morgan fingerprint density at radius 1 is 0.645 bits per heavy atom. The van der Waals surface area contributed by atoms with Crippen LogP contribution in [0.2, 0.25) is 0 Å². The van der Waals surface area contributed by atoms with Crippen molar-refractivity contribution in [1.82, 2.24) is 0 Å². The molecule has 4 heteroatoms. The third-order valence-corrected chi connectivity index (χ3v) is 3.63. The van der Waals surface area contributed by atoms with Gasteiger partial charge in [0.05, 0.1) is 12.5 Å². The van der Waals surface area contributed by atoms with Gasteiger partial charge < -0.3 is 10.2 Å². The third kappa shape index (κ3) is 21.0. The van der Waals surface area contributed by atoms with E-state index in [0.29, 0.717) is 6.42 Å². The summed E-state index contributed by atoms with van der Waals surface area (Å²) in [6.07, 6.45) is 34.8. The highest BCUT2D eigenvalue weighted by molar-refractivity contribution is 5.92. The molecule has 0 aliphatic carbocycles. The van der Waals surface area contributed by atoms with Crippen molar-refractivity contribution in [1.29, 1.82) is 0 Å². The lowest BCUT2D eigenvalue weighted by Crippen LogP contribution is -2.11. The van der Waals surface area contributed by atoms with Gasteiger partial charge >= 0.3 is 5.97 Å². The molecule has 0 heterocycles. The number of carboxylic acid groups (broad SMARTS) is 1. The van der Waals surface area contributed by atoms with Crippen LogP contribution >= 0.6 is 0 Å². The summed E-state index contributed by atoms with van der Waals surface area (Å²) >= 11 is 0. The molecule has 0 aliphatic rings. The summed E-state index contributed by atoms with van der Waals surface area (Å²) in [7, 11) is 0. The van der Waals surface area contributed by atoms with Crippen LogP contribution in [-0.2, 0) is 9.59 Å². The highest BCUT2D eigenvalue weighted by atomic mass is 16.4. The van der Waals surface area contributed by atoms with Crippen molar-refractivity contribution in [2.24, 2.45) is 0 Å². The molecular weight excluding hydrogens is 388 g/mol. The average Bonchev–Trinajstić information content (AvgIpc) is 2.71. The lowest BCUT2D eigenvalue weighted by molar-refractivity contribution is -0.139. The SMILES string of the molecule is CC(=O)/C(C)=C/C=C/C=C\C=C\C=C\C=C\C=C\C=C\C=C/C=C/C[C@H](O)CC(=O)O. The van der Waals surface area contributed by atoms with E-state index < -0.39 is 12.1 Å². The van der Waals surface area contributed by atoms with Gasteiger partial charge in [-0.05, 0) is 25.8 Å². The number of carboxylic acids is 1. The molecular formula is C27H32O4. The predicted molar refractivity (Wildman–Crippen MR) is 130 cm³/mol. The Morgan fingerprint density at radius 2 is 1.00 bits per heavy atom. The van der Waals surface area contributed by atoms with Crippen molar-refractivity contribution in [2.45, 2.75) is 32.8 Å². The van der Waals surface area contributed by atoms with Crippen molar-refractivity contribution >= 4 is 11.8 Å². The summed E-state index contributed by atoms with van der Waals surface area (Å²) in [6, 6.07) is 0. The molecule has 0 saturated carbocycles. The number of aliphatic hydroxyl groups is 1. The summed E-state index contributed by atoms with van der Waals surface area (Å²) in [5.74, 6) is -0.924. The molecule has 0 amide bonds. The van der Waals surface area contributed by atoms with Crippen LogP contribution in [0.5, 0.6) is 0 Å². The lowest BCUT2D eigenvalue weighted by Gasteiger charge is -2.01. The number of rotatable bonds is 14. The van der Waals surface area contributed by atoms with E-state index in [0.717, 1.165) is 5.57 Å². The Kier molecular flexibility index (Phi) is 17.6. The second-order valence-electron chi connectivity index (χ2n) is 6.40. The van der Waals surface area contributed by atoms with Crippen LogP contribution in [-0.4, -0.2) is 28.1 Å². The van der Waals surface area contributed by atoms with Gasteiger partial charge in [0.15, 0.2) is 5.78 Å². The van der Waals surface area contributed by atoms with Gasteiger partial charge in [-0.1, -0.05) is 115 Å². The summed E-state index contributed by atoms with van der Waals surface area (Å²) in [6.45, 7) is 3.34. The van der Waals surface area contributed by atoms with Gasteiger partial charge in [-0.25, -0.2) is 0 Å². The summed E-state index contributed by atoms with van der Waals surface area (Å²) < 4.78 is 0. The normalized spacial score (nSPS) is 15.1. The number of allylic oxidation sites excluding steroid dienone is 19. The first-order valence-electron chi connectivity index (χ1n) is 10.0. The molecule has 0 aliphatic heterocycles. The zero-order valence-electron chi connectivity index (χ0n) is 18.2. The highest BCUT2D eigenvalue weighted by Crippen LogP contribution is 1.99. The molecule has 0 aromatic carbocycles. The average molecular weight is 421 g/mol. The van der Waals surface area contributed by atoms with E-state index in [4.69, 9.17) is 5.11 Å². The molecule has 0 aromatic heterocycles. The number of carbonyl (C=O) groups excluding carboxylic acids is 1. The van der Waals surface area contributed by atoms with Crippen LogP contribution in [0.3, 0.4) is 0 Å². The molecule has 0 bridgehead atoms. The van der Waals surface area contributed by atoms with E-state index >= 15 is 0 Å². The van der Waals surface area contributed by atoms with Gasteiger partial charge in [-0.2, -0.15) is 0 Å². The molecule has 0 unspecified atom stereocenters. The number of aliphatic carboxylic acids is 1. The maximum absolute atomic E-state index is 11.0. The molecule has 31 heavy (non-hydrogen) atoms. The fraction of sp³-hybridized carbons (Fsp3) is 0.185. The highest BCUT2D eigenvalue weighted by Gasteiger charge is 2.06. The van der Waals surface area contributed by atoms with Crippen LogP contribution in [0.25, 0.3) is 0 Å². The number of ketones is 1. The molecule has 2 N–H and O–H groups in total. The maximum atomic E-state index is 11.0. The standard InChI is InChI=1S/C27H32O4/c1-24(25(2)28)21-19-17-15-13-11-9-7-5-3-4-6-8-10-12-14-16-18-20-22-26(29)23-27(30)31/h3-21,26,29H,22-23H2,1-2H3,(H,30,31)/b4-3+,7-5+,8-6+,11-9+,12-10+,15-13-,16-14-,19-17+,20-18+,24-21+/t26-/m0/s1. The molecule has 0 radical (unpaired) electrons. The van der Waals surface area contributed by atoms with E-state index in [1.54, 1.807) is 32.1 Å². The molecule has 1 atom stereocenters. The number of carbonyl (C=O) groups is 2. The second-order valence-corrected chi connectivity index (χ2v) is 6.40. The quantitative estimate of drug-likeness (QED) is 0.277. The maximum Gasteiger partial charge on any atom is 0.305 e. The zero-order valence-corrected chi connectivity index (χ0v) is 18.2. The van der Waals surface area contributed by atoms with Gasteiger partial charge in [0.2, 0.25) is 0 Å². The zero-order chi connectivity index (χ0) is 23.2. The van der Waals surface area contributed by atoms with E-state index in [1.807, 2.05) is 97.2 Å². The lowest BCUT2D eigenvalue weighted by atomic mass is 10.2. The van der Waals surface area contributed by atoms with E-state index in [2.05, 4.69) is 0 Å². The van der Waals surface area contributed by atoms with Gasteiger partial charge in [-0.3, -0.25) is 9.59 Å². The van der Waals surface area contributed by atoms with Crippen LogP contribution in [0.1, 0.15) is 26.7 Å². The van der Waals surface area contributed by atoms with Crippen molar-refractivity contribution in [3.05, 3.63) is 121 Å². The summed E-state index contributed by atoms with van der Waals surface area (Å²) in [5, 5.41) is 17.9. The van der Waals surface area contributed by atoms with Crippen LogP contribution < -0.4 is 0 Å². The fourth-order valence-corrected chi connectivity index (χ4v) is 1.88. The molecule has 0 aromatic rings. The minimum Gasteiger partial charge on any atom is -0.481 e. The number of Topliss-reactive ketones (excluding diaryl/α,β-unsaturated/α-hetero) is 1. The van der Waals surface area contributed by atoms with Crippen molar-refractivity contribution < 1.29 is 19.8 Å². The van der Waals surface area contributed by atoms with Crippen molar-refractivity contribution in [3.8, 4) is 0 Å². The Balaban J connectivity index is 4.02. The van der Waals surface area contributed by atoms with Crippen molar-refractivity contribution in [2.75, 3.05) is 0 Å². The fourth-order valence-electron chi connectivity index (χ4n) is 1.88. The number of hydrogen-bond donors (Lipinski definition) is 2.